The number of rotatable bonds is 2. The fraction of sp³-hybridized carbons (Fsp3) is 0. The number of anilines is 2. The summed E-state index contributed by atoms with van der Waals surface area (Å²) >= 11 is 0. The molecule has 1 aliphatic carbocycles. The van der Waals surface area contributed by atoms with Crippen molar-refractivity contribution in [3.63, 3.8) is 0 Å². The first-order chi connectivity index (χ1) is 12.6. The van der Waals surface area contributed by atoms with Crippen molar-refractivity contribution in [1.82, 2.24) is 0 Å². The third-order valence-corrected chi connectivity index (χ3v) is 4.21. The van der Waals surface area contributed by atoms with Crippen LogP contribution in [0.4, 0.5) is 16.2 Å². The number of carbonyl (C=O) groups excluding carboxylic acids is 3. The van der Waals surface area contributed by atoms with Crippen LogP contribution in [0, 0.1) is 0 Å². The standard InChI is InChI=1S/C21H14N2O3/c24-19-15-8-4-5-9-16(15)20(25)18-12-14(10-11-17(18)19)23-21(26)22-13-6-2-1-3-7-13/h1-12H,(H2,22,23,26). The zero-order valence-electron chi connectivity index (χ0n) is 13.7. The largest absolute Gasteiger partial charge is 0.323 e. The molecule has 0 bridgehead atoms. The van der Waals surface area contributed by atoms with Crippen LogP contribution in [0.1, 0.15) is 31.8 Å². The summed E-state index contributed by atoms with van der Waals surface area (Å²) in [4.78, 5) is 37.4. The van der Waals surface area contributed by atoms with Crippen LogP contribution in [-0.2, 0) is 0 Å². The van der Waals surface area contributed by atoms with E-state index in [9.17, 15) is 14.4 Å². The Morgan fingerprint density at radius 1 is 0.577 bits per heavy atom. The van der Waals surface area contributed by atoms with Gasteiger partial charge in [0, 0.05) is 33.6 Å². The Morgan fingerprint density at radius 3 is 1.81 bits per heavy atom. The minimum Gasteiger partial charge on any atom is -0.308 e. The van der Waals surface area contributed by atoms with Crippen molar-refractivity contribution in [2.75, 3.05) is 10.6 Å². The second kappa shape index (κ2) is 6.29. The maximum atomic E-state index is 12.7. The Morgan fingerprint density at radius 2 is 1.12 bits per heavy atom. The SMILES string of the molecule is O=C(Nc1ccccc1)Nc1ccc2c(c1)C(=O)c1ccccc1C2=O. The molecule has 0 spiro atoms. The smallest absolute Gasteiger partial charge is 0.308 e. The highest BCUT2D eigenvalue weighted by Gasteiger charge is 2.29. The Kier molecular flexibility index (Phi) is 3.82. The van der Waals surface area contributed by atoms with Gasteiger partial charge in [-0.3, -0.25) is 9.59 Å². The van der Waals surface area contributed by atoms with Gasteiger partial charge in [0.05, 0.1) is 0 Å². The summed E-state index contributed by atoms with van der Waals surface area (Å²) in [7, 11) is 0. The number of ketones is 2. The van der Waals surface area contributed by atoms with E-state index in [1.54, 1.807) is 48.5 Å². The van der Waals surface area contributed by atoms with Gasteiger partial charge in [0.1, 0.15) is 0 Å². The van der Waals surface area contributed by atoms with Crippen molar-refractivity contribution in [2.45, 2.75) is 0 Å². The number of carbonyl (C=O) groups is 3. The van der Waals surface area contributed by atoms with E-state index in [4.69, 9.17) is 0 Å². The van der Waals surface area contributed by atoms with E-state index < -0.39 is 6.03 Å². The van der Waals surface area contributed by atoms with Crippen molar-refractivity contribution in [2.24, 2.45) is 0 Å². The number of fused-ring (bicyclic) bond motifs is 2. The predicted molar refractivity (Wildman–Crippen MR) is 98.8 cm³/mol. The van der Waals surface area contributed by atoms with Crippen LogP contribution in [0.3, 0.4) is 0 Å². The van der Waals surface area contributed by atoms with E-state index in [0.717, 1.165) is 0 Å². The summed E-state index contributed by atoms with van der Waals surface area (Å²) in [5, 5.41) is 5.39. The first-order valence-electron chi connectivity index (χ1n) is 8.09. The van der Waals surface area contributed by atoms with Crippen LogP contribution in [0.5, 0.6) is 0 Å². The summed E-state index contributed by atoms with van der Waals surface area (Å²) in [5.74, 6) is -0.405. The molecule has 3 aromatic carbocycles. The molecule has 2 amide bonds. The first-order valence-corrected chi connectivity index (χ1v) is 8.09. The fourth-order valence-corrected chi connectivity index (χ4v) is 2.99. The molecule has 3 aromatic rings. The maximum Gasteiger partial charge on any atom is 0.323 e. The second-order valence-corrected chi connectivity index (χ2v) is 5.91. The minimum absolute atomic E-state index is 0.185. The van der Waals surface area contributed by atoms with Gasteiger partial charge in [-0.05, 0) is 30.3 Å². The van der Waals surface area contributed by atoms with Crippen molar-refractivity contribution in [3.8, 4) is 0 Å². The third kappa shape index (κ3) is 2.75. The van der Waals surface area contributed by atoms with Gasteiger partial charge in [-0.2, -0.15) is 0 Å². The maximum absolute atomic E-state index is 12.7. The van der Waals surface area contributed by atoms with Crippen LogP contribution >= 0.6 is 0 Å². The number of nitrogens with one attached hydrogen (secondary N) is 2. The lowest BCUT2D eigenvalue weighted by molar-refractivity contribution is 0.0979. The summed E-state index contributed by atoms with van der Waals surface area (Å²) < 4.78 is 0. The minimum atomic E-state index is -0.425. The number of benzene rings is 3. The average Bonchev–Trinajstić information content (AvgIpc) is 2.67. The molecule has 0 unspecified atom stereocenters. The molecule has 0 saturated heterocycles. The third-order valence-electron chi connectivity index (χ3n) is 4.21. The molecule has 126 valence electrons. The first kappa shape index (κ1) is 15.8. The number of para-hydroxylation sites is 1. The molecule has 0 aliphatic heterocycles. The lowest BCUT2D eigenvalue weighted by atomic mass is 9.84. The van der Waals surface area contributed by atoms with E-state index in [-0.39, 0.29) is 11.6 Å². The van der Waals surface area contributed by atoms with Crippen LogP contribution in [0.2, 0.25) is 0 Å². The molecule has 0 fully saturated rings. The molecule has 26 heavy (non-hydrogen) atoms. The normalized spacial score (nSPS) is 12.2. The summed E-state index contributed by atoms with van der Waals surface area (Å²) in [6.07, 6.45) is 0. The molecule has 0 heterocycles. The zero-order valence-corrected chi connectivity index (χ0v) is 13.7. The molecule has 4 rings (SSSR count). The van der Waals surface area contributed by atoms with Gasteiger partial charge in [0.25, 0.3) is 0 Å². The van der Waals surface area contributed by atoms with Gasteiger partial charge in [-0.1, -0.05) is 42.5 Å². The molecule has 0 aromatic heterocycles. The van der Waals surface area contributed by atoms with Crippen molar-refractivity contribution < 1.29 is 14.4 Å². The van der Waals surface area contributed by atoms with Crippen molar-refractivity contribution >= 4 is 29.0 Å². The van der Waals surface area contributed by atoms with Crippen LogP contribution in [0.15, 0.2) is 72.8 Å². The molecule has 2 N–H and O–H groups in total. The number of hydrogen-bond donors (Lipinski definition) is 2. The molecular weight excluding hydrogens is 328 g/mol. The van der Waals surface area contributed by atoms with E-state index in [1.165, 1.54) is 6.07 Å². The van der Waals surface area contributed by atoms with Crippen LogP contribution < -0.4 is 10.6 Å². The molecule has 1 aliphatic rings. The average molecular weight is 342 g/mol. The van der Waals surface area contributed by atoms with Crippen molar-refractivity contribution in [3.05, 3.63) is 95.1 Å². The Hall–Kier alpha value is -3.73. The number of amides is 2. The van der Waals surface area contributed by atoms with E-state index >= 15 is 0 Å². The van der Waals surface area contributed by atoms with Crippen LogP contribution in [0.25, 0.3) is 0 Å². The fourth-order valence-electron chi connectivity index (χ4n) is 2.99. The monoisotopic (exact) mass is 342 g/mol. The molecule has 0 radical (unpaired) electrons. The lowest BCUT2D eigenvalue weighted by Gasteiger charge is -2.18. The van der Waals surface area contributed by atoms with Gasteiger partial charge in [-0.15, -0.1) is 0 Å². The summed E-state index contributed by atoms with van der Waals surface area (Å²) in [5.41, 5.74) is 2.54. The highest BCUT2D eigenvalue weighted by molar-refractivity contribution is 6.28. The van der Waals surface area contributed by atoms with Crippen LogP contribution in [-0.4, -0.2) is 17.6 Å². The summed E-state index contributed by atoms with van der Waals surface area (Å²) in [6, 6.07) is 20.1. The van der Waals surface area contributed by atoms with Gasteiger partial charge >= 0.3 is 6.03 Å². The van der Waals surface area contributed by atoms with Gasteiger partial charge in [0.2, 0.25) is 0 Å². The number of urea groups is 1. The number of hydrogen-bond acceptors (Lipinski definition) is 3. The van der Waals surface area contributed by atoms with E-state index in [2.05, 4.69) is 10.6 Å². The van der Waals surface area contributed by atoms with Crippen molar-refractivity contribution in [1.29, 1.82) is 0 Å². The topological polar surface area (TPSA) is 75.3 Å². The van der Waals surface area contributed by atoms with Gasteiger partial charge in [-0.25, -0.2) is 4.79 Å². The van der Waals surface area contributed by atoms with Gasteiger partial charge in [0.15, 0.2) is 11.6 Å². The summed E-state index contributed by atoms with van der Waals surface area (Å²) in [6.45, 7) is 0. The highest BCUT2D eigenvalue weighted by atomic mass is 16.2. The molecule has 5 nitrogen and oxygen atoms in total. The van der Waals surface area contributed by atoms with E-state index in [1.807, 2.05) is 18.2 Å². The Labute approximate surface area is 149 Å². The molecule has 0 atom stereocenters. The Balaban J connectivity index is 1.60. The lowest BCUT2D eigenvalue weighted by Crippen LogP contribution is -2.22. The quantitative estimate of drug-likeness (QED) is 0.576. The predicted octanol–water partition coefficient (Wildman–Crippen LogP) is 4.11. The molecule has 5 heteroatoms. The molecule has 0 saturated carbocycles. The zero-order chi connectivity index (χ0) is 18.1. The van der Waals surface area contributed by atoms with E-state index in [0.29, 0.717) is 33.6 Å². The van der Waals surface area contributed by atoms with Gasteiger partial charge < -0.3 is 10.6 Å². The highest BCUT2D eigenvalue weighted by Crippen LogP contribution is 2.29. The Bertz CT molecular complexity index is 1040. The molecular formula is C21H14N2O3. The second-order valence-electron chi connectivity index (χ2n) is 5.91.